The van der Waals surface area contributed by atoms with Gasteiger partial charge in [-0.3, -0.25) is 4.79 Å². The third kappa shape index (κ3) is 2.68. The van der Waals surface area contributed by atoms with E-state index >= 15 is 0 Å². The Hall–Kier alpha value is -1.13. The van der Waals surface area contributed by atoms with Gasteiger partial charge in [-0.1, -0.05) is 23.2 Å². The largest absolute Gasteiger partial charge is 0.480 e. The minimum atomic E-state index is -0.976. The van der Waals surface area contributed by atoms with Crippen LogP contribution in [0.2, 0.25) is 10.0 Å². The molecule has 0 amide bonds. The normalized spacial score (nSPS) is 9.86. The van der Waals surface area contributed by atoms with E-state index in [-0.39, 0.29) is 6.54 Å². The van der Waals surface area contributed by atoms with Crippen molar-refractivity contribution in [3.05, 3.63) is 22.2 Å². The summed E-state index contributed by atoms with van der Waals surface area (Å²) >= 11 is 11.4. The Kier molecular flexibility index (Phi) is 3.43. The van der Waals surface area contributed by atoms with Gasteiger partial charge in [0.15, 0.2) is 0 Å². The fraction of sp³-hybridized carbons (Fsp3) is 0.125. The van der Waals surface area contributed by atoms with Gasteiger partial charge in [0, 0.05) is 0 Å². The second kappa shape index (κ2) is 4.39. The molecule has 76 valence electrons. The van der Waals surface area contributed by atoms with Crippen molar-refractivity contribution in [2.45, 2.75) is 0 Å². The number of rotatable bonds is 3. The van der Waals surface area contributed by atoms with Crippen LogP contribution in [0, 0.1) is 0 Å². The SMILES string of the molecule is Nc1cc(Cl)c(Cl)cc1NCC(=O)O. The van der Waals surface area contributed by atoms with Crippen LogP contribution in [0.1, 0.15) is 0 Å². The highest BCUT2D eigenvalue weighted by Gasteiger charge is 2.05. The number of carboxylic acid groups (broad SMARTS) is 1. The van der Waals surface area contributed by atoms with Crippen molar-refractivity contribution in [3.8, 4) is 0 Å². The average Bonchev–Trinajstić information content (AvgIpc) is 2.09. The smallest absolute Gasteiger partial charge is 0.322 e. The number of aliphatic carboxylic acids is 1. The molecule has 4 nitrogen and oxygen atoms in total. The molecule has 0 unspecified atom stereocenters. The molecule has 0 aliphatic carbocycles. The number of hydrogen-bond acceptors (Lipinski definition) is 3. The zero-order valence-corrected chi connectivity index (χ0v) is 8.56. The molecule has 0 fully saturated rings. The zero-order valence-electron chi connectivity index (χ0n) is 7.05. The minimum absolute atomic E-state index is 0.220. The maximum Gasteiger partial charge on any atom is 0.322 e. The number of nitrogen functional groups attached to an aromatic ring is 1. The van der Waals surface area contributed by atoms with Crippen molar-refractivity contribution in [1.29, 1.82) is 0 Å². The fourth-order valence-electron chi connectivity index (χ4n) is 0.886. The van der Waals surface area contributed by atoms with Gasteiger partial charge in [0.05, 0.1) is 21.4 Å². The molecule has 0 aliphatic rings. The zero-order chi connectivity index (χ0) is 10.7. The average molecular weight is 235 g/mol. The number of carbonyl (C=O) groups is 1. The molecule has 0 aliphatic heterocycles. The summed E-state index contributed by atoms with van der Waals surface area (Å²) in [6.45, 7) is -0.220. The van der Waals surface area contributed by atoms with Gasteiger partial charge in [0.1, 0.15) is 6.54 Å². The molecule has 4 N–H and O–H groups in total. The quantitative estimate of drug-likeness (QED) is 0.701. The number of nitrogens with two attached hydrogens (primary N) is 1. The van der Waals surface area contributed by atoms with Crippen LogP contribution in [0.3, 0.4) is 0 Å². The third-order valence-corrected chi connectivity index (χ3v) is 2.24. The highest BCUT2D eigenvalue weighted by Crippen LogP contribution is 2.30. The lowest BCUT2D eigenvalue weighted by Crippen LogP contribution is -2.13. The Morgan fingerprint density at radius 3 is 2.57 bits per heavy atom. The van der Waals surface area contributed by atoms with Gasteiger partial charge in [-0.05, 0) is 12.1 Å². The van der Waals surface area contributed by atoms with Gasteiger partial charge in [-0.25, -0.2) is 0 Å². The van der Waals surface area contributed by atoms with Crippen molar-refractivity contribution >= 4 is 40.5 Å². The molecule has 1 aromatic rings. The second-order valence-corrected chi connectivity index (χ2v) is 3.42. The van der Waals surface area contributed by atoms with Gasteiger partial charge in [0.2, 0.25) is 0 Å². The Balaban J connectivity index is 2.87. The lowest BCUT2D eigenvalue weighted by atomic mass is 10.2. The summed E-state index contributed by atoms with van der Waals surface area (Å²) < 4.78 is 0. The maximum absolute atomic E-state index is 10.3. The first-order valence-electron chi connectivity index (χ1n) is 3.71. The Morgan fingerprint density at radius 2 is 2.00 bits per heavy atom. The van der Waals surface area contributed by atoms with Crippen LogP contribution in [-0.4, -0.2) is 17.6 Å². The number of benzene rings is 1. The van der Waals surface area contributed by atoms with E-state index in [0.717, 1.165) is 0 Å². The van der Waals surface area contributed by atoms with Crippen LogP contribution in [0.5, 0.6) is 0 Å². The molecule has 1 rings (SSSR count). The topological polar surface area (TPSA) is 75.3 Å². The first-order chi connectivity index (χ1) is 6.50. The van der Waals surface area contributed by atoms with E-state index < -0.39 is 5.97 Å². The summed E-state index contributed by atoms with van der Waals surface area (Å²) in [4.78, 5) is 10.3. The lowest BCUT2D eigenvalue weighted by molar-refractivity contribution is -0.134. The molecule has 0 radical (unpaired) electrons. The van der Waals surface area contributed by atoms with E-state index in [1.54, 1.807) is 0 Å². The predicted molar refractivity (Wildman–Crippen MR) is 57.0 cm³/mol. The molecule has 6 heteroatoms. The second-order valence-electron chi connectivity index (χ2n) is 2.60. The Labute approximate surface area is 90.6 Å². The van der Waals surface area contributed by atoms with E-state index in [0.29, 0.717) is 21.4 Å². The van der Waals surface area contributed by atoms with Crippen molar-refractivity contribution in [2.24, 2.45) is 0 Å². The number of halogens is 2. The first-order valence-corrected chi connectivity index (χ1v) is 4.46. The van der Waals surface area contributed by atoms with Crippen LogP contribution in [0.15, 0.2) is 12.1 Å². The predicted octanol–water partition coefficient (Wildman–Crippen LogP) is 2.07. The van der Waals surface area contributed by atoms with Gasteiger partial charge in [-0.2, -0.15) is 0 Å². The summed E-state index contributed by atoms with van der Waals surface area (Å²) in [5, 5.41) is 11.7. The van der Waals surface area contributed by atoms with Crippen LogP contribution >= 0.6 is 23.2 Å². The summed E-state index contributed by atoms with van der Waals surface area (Å²) in [5.74, 6) is -0.976. The van der Waals surface area contributed by atoms with Crippen molar-refractivity contribution in [3.63, 3.8) is 0 Å². The van der Waals surface area contributed by atoms with Gasteiger partial charge >= 0.3 is 5.97 Å². The van der Waals surface area contributed by atoms with Crippen LogP contribution < -0.4 is 11.1 Å². The summed E-state index contributed by atoms with van der Waals surface area (Å²) in [5.41, 5.74) is 6.40. The molecule has 1 aromatic carbocycles. The van der Waals surface area contributed by atoms with Crippen LogP contribution in [-0.2, 0) is 4.79 Å². The van der Waals surface area contributed by atoms with Crippen molar-refractivity contribution < 1.29 is 9.90 Å². The minimum Gasteiger partial charge on any atom is -0.480 e. The van der Waals surface area contributed by atoms with E-state index in [9.17, 15) is 4.79 Å². The van der Waals surface area contributed by atoms with Gasteiger partial charge < -0.3 is 16.2 Å². The monoisotopic (exact) mass is 234 g/mol. The Bertz CT molecular complexity index is 369. The van der Waals surface area contributed by atoms with E-state index in [1.807, 2.05) is 0 Å². The van der Waals surface area contributed by atoms with E-state index in [1.165, 1.54) is 12.1 Å². The first kappa shape index (κ1) is 10.9. The summed E-state index contributed by atoms with van der Waals surface area (Å²) in [6.07, 6.45) is 0. The fourth-order valence-corrected chi connectivity index (χ4v) is 1.22. The molecule has 0 bridgehead atoms. The van der Waals surface area contributed by atoms with Crippen molar-refractivity contribution in [1.82, 2.24) is 0 Å². The molecule has 0 aromatic heterocycles. The third-order valence-electron chi connectivity index (χ3n) is 1.52. The highest BCUT2D eigenvalue weighted by atomic mass is 35.5. The van der Waals surface area contributed by atoms with E-state index in [4.69, 9.17) is 34.0 Å². The molecular weight excluding hydrogens is 227 g/mol. The highest BCUT2D eigenvalue weighted by molar-refractivity contribution is 6.42. The number of anilines is 2. The Morgan fingerprint density at radius 1 is 1.43 bits per heavy atom. The molecule has 0 atom stereocenters. The molecular formula is C8H8Cl2N2O2. The van der Waals surface area contributed by atoms with E-state index in [2.05, 4.69) is 5.32 Å². The summed E-state index contributed by atoms with van der Waals surface area (Å²) in [6, 6.07) is 2.95. The molecule has 0 saturated heterocycles. The lowest BCUT2D eigenvalue weighted by Gasteiger charge is -2.08. The molecule has 0 spiro atoms. The van der Waals surface area contributed by atoms with Crippen LogP contribution in [0.25, 0.3) is 0 Å². The molecule has 0 saturated carbocycles. The number of nitrogens with one attached hydrogen (secondary N) is 1. The number of carboxylic acids is 1. The number of hydrogen-bond donors (Lipinski definition) is 3. The van der Waals surface area contributed by atoms with Crippen LogP contribution in [0.4, 0.5) is 11.4 Å². The maximum atomic E-state index is 10.3. The molecule has 0 heterocycles. The van der Waals surface area contributed by atoms with Gasteiger partial charge in [0.25, 0.3) is 0 Å². The summed E-state index contributed by atoms with van der Waals surface area (Å²) in [7, 11) is 0. The molecule has 14 heavy (non-hydrogen) atoms. The van der Waals surface area contributed by atoms with Gasteiger partial charge in [-0.15, -0.1) is 0 Å². The van der Waals surface area contributed by atoms with Crippen molar-refractivity contribution in [2.75, 3.05) is 17.6 Å². The standard InChI is InChI=1S/C8H8Cl2N2O2/c9-4-1-6(11)7(2-5(4)10)12-3-8(13)14/h1-2,12H,3,11H2,(H,13,14).